The van der Waals surface area contributed by atoms with E-state index in [1.54, 1.807) is 6.08 Å². The molecule has 0 aromatic rings. The first-order chi connectivity index (χ1) is 10.7. The number of allylic oxidation sites excluding steroid dienone is 5. The van der Waals surface area contributed by atoms with Crippen LogP contribution in [0.15, 0.2) is 36.1 Å². The molecule has 0 fully saturated rings. The summed E-state index contributed by atoms with van der Waals surface area (Å²) in [5.74, 6) is 0. The SMILES string of the molecule is CCCCC/C=C\C/C=C\C/C(=C\CCCCC=O)[N+](=O)[O-]. The van der Waals surface area contributed by atoms with Gasteiger partial charge in [0.25, 0.3) is 0 Å². The van der Waals surface area contributed by atoms with E-state index in [0.717, 1.165) is 32.0 Å². The monoisotopic (exact) mass is 307 g/mol. The Hall–Kier alpha value is -1.71. The molecule has 0 aliphatic rings. The summed E-state index contributed by atoms with van der Waals surface area (Å²) < 4.78 is 0. The average molecular weight is 307 g/mol. The molecule has 0 aliphatic carbocycles. The van der Waals surface area contributed by atoms with Gasteiger partial charge in [0.2, 0.25) is 5.70 Å². The van der Waals surface area contributed by atoms with Crippen molar-refractivity contribution in [3.05, 3.63) is 46.2 Å². The van der Waals surface area contributed by atoms with E-state index in [0.29, 0.717) is 19.3 Å². The zero-order valence-electron chi connectivity index (χ0n) is 13.7. The standard InChI is InChI=1S/C18H29NO3/c1-2-3-4-5-6-7-8-9-12-15-18(19(21)22)16-13-10-11-14-17-20/h6-7,9,12,16-17H,2-5,8,10-11,13-15H2,1H3/b7-6-,12-9-,18-16+. The van der Waals surface area contributed by atoms with Crippen LogP contribution in [-0.4, -0.2) is 11.2 Å². The van der Waals surface area contributed by atoms with E-state index in [1.165, 1.54) is 19.3 Å². The average Bonchev–Trinajstić information content (AvgIpc) is 2.50. The molecular weight excluding hydrogens is 278 g/mol. The lowest BCUT2D eigenvalue weighted by Crippen LogP contribution is -1.97. The summed E-state index contributed by atoms with van der Waals surface area (Å²) in [6.07, 6.45) is 19.5. The molecule has 0 heterocycles. The number of nitro groups is 1. The molecule has 0 N–H and O–H groups in total. The van der Waals surface area contributed by atoms with Crippen molar-refractivity contribution in [1.82, 2.24) is 0 Å². The fourth-order valence-corrected chi connectivity index (χ4v) is 1.98. The quantitative estimate of drug-likeness (QED) is 0.142. The maximum atomic E-state index is 10.9. The molecule has 0 atom stereocenters. The molecule has 0 rings (SSSR count). The van der Waals surface area contributed by atoms with E-state index in [4.69, 9.17) is 0 Å². The number of carbonyl (C=O) groups is 1. The summed E-state index contributed by atoms with van der Waals surface area (Å²) in [6.45, 7) is 2.19. The first kappa shape index (κ1) is 20.3. The Kier molecular flexibility index (Phi) is 14.5. The number of hydrogen-bond acceptors (Lipinski definition) is 3. The van der Waals surface area contributed by atoms with Gasteiger partial charge in [-0.25, -0.2) is 0 Å². The highest BCUT2D eigenvalue weighted by atomic mass is 16.6. The van der Waals surface area contributed by atoms with E-state index in [9.17, 15) is 14.9 Å². The van der Waals surface area contributed by atoms with Gasteiger partial charge in [-0.1, -0.05) is 44.1 Å². The fraction of sp³-hybridized carbons (Fsp3) is 0.611. The van der Waals surface area contributed by atoms with E-state index in [-0.39, 0.29) is 10.6 Å². The van der Waals surface area contributed by atoms with Crippen LogP contribution in [0, 0.1) is 10.1 Å². The molecule has 0 radical (unpaired) electrons. The minimum atomic E-state index is -0.315. The molecule has 4 heteroatoms. The molecule has 22 heavy (non-hydrogen) atoms. The van der Waals surface area contributed by atoms with Gasteiger partial charge in [-0.2, -0.15) is 0 Å². The molecule has 0 spiro atoms. The van der Waals surface area contributed by atoms with Gasteiger partial charge in [-0.3, -0.25) is 10.1 Å². The summed E-state index contributed by atoms with van der Waals surface area (Å²) >= 11 is 0. The fourth-order valence-electron chi connectivity index (χ4n) is 1.98. The van der Waals surface area contributed by atoms with Crippen LogP contribution in [0.5, 0.6) is 0 Å². The second-order valence-corrected chi connectivity index (χ2v) is 5.28. The summed E-state index contributed by atoms with van der Waals surface area (Å²) in [5, 5.41) is 10.9. The van der Waals surface area contributed by atoms with Gasteiger partial charge < -0.3 is 4.79 Å². The van der Waals surface area contributed by atoms with E-state index in [1.807, 2.05) is 12.2 Å². The Balaban J connectivity index is 3.93. The lowest BCUT2D eigenvalue weighted by Gasteiger charge is -1.95. The summed E-state index contributed by atoms with van der Waals surface area (Å²) in [4.78, 5) is 20.8. The molecular formula is C18H29NO3. The second-order valence-electron chi connectivity index (χ2n) is 5.28. The zero-order chi connectivity index (χ0) is 16.5. The van der Waals surface area contributed by atoms with Crippen LogP contribution in [0.2, 0.25) is 0 Å². The highest BCUT2D eigenvalue weighted by molar-refractivity contribution is 5.48. The first-order valence-corrected chi connectivity index (χ1v) is 8.29. The van der Waals surface area contributed by atoms with Crippen LogP contribution in [-0.2, 0) is 4.79 Å². The first-order valence-electron chi connectivity index (χ1n) is 8.29. The molecule has 0 aromatic carbocycles. The van der Waals surface area contributed by atoms with Crippen LogP contribution in [0.4, 0.5) is 0 Å². The van der Waals surface area contributed by atoms with Crippen LogP contribution in [0.1, 0.15) is 71.1 Å². The van der Waals surface area contributed by atoms with E-state index < -0.39 is 0 Å². The lowest BCUT2D eigenvalue weighted by molar-refractivity contribution is -0.427. The van der Waals surface area contributed by atoms with Gasteiger partial charge in [0, 0.05) is 6.42 Å². The lowest BCUT2D eigenvalue weighted by atomic mass is 10.1. The van der Waals surface area contributed by atoms with Crippen molar-refractivity contribution in [1.29, 1.82) is 0 Å². The normalized spacial score (nSPS) is 12.3. The largest absolute Gasteiger partial charge is 0.303 e. The Bertz CT molecular complexity index is 384. The number of rotatable bonds is 14. The number of carbonyl (C=O) groups excluding carboxylic acids is 1. The van der Waals surface area contributed by atoms with E-state index >= 15 is 0 Å². The van der Waals surface area contributed by atoms with Crippen molar-refractivity contribution in [2.75, 3.05) is 0 Å². The van der Waals surface area contributed by atoms with Crippen molar-refractivity contribution in [3.63, 3.8) is 0 Å². The minimum absolute atomic E-state index is 0.245. The van der Waals surface area contributed by atoms with Crippen molar-refractivity contribution in [2.24, 2.45) is 0 Å². The van der Waals surface area contributed by atoms with Gasteiger partial charge in [0.15, 0.2) is 0 Å². The molecule has 0 bridgehead atoms. The van der Waals surface area contributed by atoms with Crippen molar-refractivity contribution < 1.29 is 9.72 Å². The zero-order valence-corrected chi connectivity index (χ0v) is 13.7. The third kappa shape index (κ3) is 13.3. The smallest absolute Gasteiger partial charge is 0.246 e. The highest BCUT2D eigenvalue weighted by Crippen LogP contribution is 2.09. The van der Waals surface area contributed by atoms with Gasteiger partial charge in [0.1, 0.15) is 6.29 Å². The predicted molar refractivity (Wildman–Crippen MR) is 91.3 cm³/mol. The Labute approximate surface area is 134 Å². The maximum Gasteiger partial charge on any atom is 0.246 e. The summed E-state index contributed by atoms with van der Waals surface area (Å²) in [6, 6.07) is 0. The molecule has 0 saturated carbocycles. The number of aldehydes is 1. The maximum absolute atomic E-state index is 10.9. The molecule has 4 nitrogen and oxygen atoms in total. The molecule has 0 aromatic heterocycles. The van der Waals surface area contributed by atoms with Gasteiger partial charge in [0.05, 0.1) is 11.3 Å². The Morgan fingerprint density at radius 2 is 1.64 bits per heavy atom. The van der Waals surface area contributed by atoms with Crippen LogP contribution >= 0.6 is 0 Å². The predicted octanol–water partition coefficient (Wildman–Crippen LogP) is 5.38. The topological polar surface area (TPSA) is 60.2 Å². The van der Waals surface area contributed by atoms with E-state index in [2.05, 4.69) is 19.1 Å². The van der Waals surface area contributed by atoms with Crippen molar-refractivity contribution in [2.45, 2.75) is 71.1 Å². The Morgan fingerprint density at radius 1 is 0.955 bits per heavy atom. The van der Waals surface area contributed by atoms with Gasteiger partial charge in [-0.05, 0) is 44.6 Å². The molecule has 0 aliphatic heterocycles. The number of nitrogens with zero attached hydrogens (tertiary/aromatic N) is 1. The molecule has 0 amide bonds. The molecule has 124 valence electrons. The van der Waals surface area contributed by atoms with Crippen molar-refractivity contribution in [3.8, 4) is 0 Å². The van der Waals surface area contributed by atoms with Crippen LogP contribution < -0.4 is 0 Å². The minimum Gasteiger partial charge on any atom is -0.303 e. The Morgan fingerprint density at radius 3 is 2.32 bits per heavy atom. The number of hydrogen-bond donors (Lipinski definition) is 0. The third-order valence-electron chi connectivity index (χ3n) is 3.30. The summed E-state index contributed by atoms with van der Waals surface area (Å²) in [5.41, 5.74) is 0.245. The van der Waals surface area contributed by atoms with Gasteiger partial charge >= 0.3 is 0 Å². The van der Waals surface area contributed by atoms with Crippen molar-refractivity contribution >= 4 is 6.29 Å². The van der Waals surface area contributed by atoms with Crippen LogP contribution in [0.25, 0.3) is 0 Å². The molecule has 0 unspecified atom stereocenters. The highest BCUT2D eigenvalue weighted by Gasteiger charge is 2.06. The van der Waals surface area contributed by atoms with Crippen LogP contribution in [0.3, 0.4) is 0 Å². The second kappa shape index (κ2) is 15.7. The summed E-state index contributed by atoms with van der Waals surface area (Å²) in [7, 11) is 0. The van der Waals surface area contributed by atoms with Gasteiger partial charge in [-0.15, -0.1) is 0 Å². The molecule has 0 saturated heterocycles. The third-order valence-corrected chi connectivity index (χ3v) is 3.30. The number of unbranched alkanes of at least 4 members (excludes halogenated alkanes) is 6.